The molecule has 1 aliphatic rings. The van der Waals surface area contributed by atoms with Crippen molar-refractivity contribution in [3.8, 4) is 0 Å². The lowest BCUT2D eigenvalue weighted by Crippen LogP contribution is -2.22. The number of aryl methyl sites for hydroxylation is 2. The van der Waals surface area contributed by atoms with Crippen molar-refractivity contribution in [1.29, 1.82) is 0 Å². The minimum Gasteiger partial charge on any atom is -0.396 e. The zero-order valence-corrected chi connectivity index (χ0v) is 9.74. The molecule has 1 aromatic rings. The Morgan fingerprint density at radius 2 is 1.93 bits per heavy atom. The fourth-order valence-electron chi connectivity index (χ4n) is 2.92. The van der Waals surface area contributed by atoms with Gasteiger partial charge in [-0.15, -0.1) is 0 Å². The molecule has 1 heterocycles. The lowest BCUT2D eigenvalue weighted by molar-refractivity contribution is 0.161. The van der Waals surface area contributed by atoms with Crippen LogP contribution in [0.3, 0.4) is 0 Å². The lowest BCUT2D eigenvalue weighted by atomic mass is 9.86. The van der Waals surface area contributed by atoms with Gasteiger partial charge < -0.3 is 9.67 Å². The zero-order valence-electron chi connectivity index (χ0n) is 9.74. The molecule has 1 N–H and O–H groups in total. The van der Waals surface area contributed by atoms with E-state index in [1.54, 1.807) is 0 Å². The number of aliphatic hydroxyl groups excluding tert-OH is 1. The predicted molar refractivity (Wildman–Crippen MR) is 62.0 cm³/mol. The van der Waals surface area contributed by atoms with Crippen molar-refractivity contribution in [3.63, 3.8) is 0 Å². The molecule has 2 atom stereocenters. The summed E-state index contributed by atoms with van der Waals surface area (Å²) in [7, 11) is 0. The summed E-state index contributed by atoms with van der Waals surface area (Å²) in [5, 5.41) is 9.24. The third-order valence-electron chi connectivity index (χ3n) is 3.70. The van der Waals surface area contributed by atoms with Gasteiger partial charge in [-0.3, -0.25) is 0 Å². The smallest absolute Gasteiger partial charge is 0.0460 e. The van der Waals surface area contributed by atoms with Gasteiger partial charge >= 0.3 is 0 Å². The van der Waals surface area contributed by atoms with Crippen molar-refractivity contribution in [2.45, 2.75) is 45.6 Å². The number of rotatable bonds is 2. The Bertz CT molecular complexity index is 310. The predicted octanol–water partition coefficient (Wildman–Crippen LogP) is 2.83. The Morgan fingerprint density at radius 3 is 2.53 bits per heavy atom. The maximum Gasteiger partial charge on any atom is 0.0460 e. The SMILES string of the molecule is Cc1ccc(C)n1[C@H]1CCC[C@H](CO)C1. The molecule has 0 saturated heterocycles. The van der Waals surface area contributed by atoms with Crippen LogP contribution in [0.1, 0.15) is 43.1 Å². The van der Waals surface area contributed by atoms with E-state index in [2.05, 4.69) is 30.5 Å². The monoisotopic (exact) mass is 207 g/mol. The molecule has 0 spiro atoms. The second-order valence-electron chi connectivity index (χ2n) is 4.86. The zero-order chi connectivity index (χ0) is 10.8. The standard InChI is InChI=1S/C13H21NO/c1-10-6-7-11(2)14(10)13-5-3-4-12(8-13)9-15/h6-7,12-13,15H,3-5,8-9H2,1-2H3/t12-,13-/m0/s1. The number of nitrogens with zero attached hydrogens (tertiary/aromatic N) is 1. The van der Waals surface area contributed by atoms with E-state index in [0.717, 1.165) is 6.42 Å². The van der Waals surface area contributed by atoms with Gasteiger partial charge in [0, 0.05) is 24.0 Å². The van der Waals surface area contributed by atoms with Gasteiger partial charge in [-0.1, -0.05) is 6.42 Å². The van der Waals surface area contributed by atoms with Gasteiger partial charge in [0.25, 0.3) is 0 Å². The second-order valence-corrected chi connectivity index (χ2v) is 4.86. The lowest BCUT2D eigenvalue weighted by Gasteiger charge is -2.31. The number of aromatic nitrogens is 1. The molecule has 0 radical (unpaired) electrons. The summed E-state index contributed by atoms with van der Waals surface area (Å²) in [5.74, 6) is 0.518. The Labute approximate surface area is 91.9 Å². The van der Waals surface area contributed by atoms with Gasteiger partial charge in [0.15, 0.2) is 0 Å². The average molecular weight is 207 g/mol. The van der Waals surface area contributed by atoms with Crippen molar-refractivity contribution in [2.75, 3.05) is 6.61 Å². The van der Waals surface area contributed by atoms with Crippen molar-refractivity contribution >= 4 is 0 Å². The molecule has 2 rings (SSSR count). The van der Waals surface area contributed by atoms with Gasteiger partial charge in [-0.05, 0) is 51.2 Å². The molecule has 0 unspecified atom stereocenters. The first-order valence-corrected chi connectivity index (χ1v) is 5.97. The van der Waals surface area contributed by atoms with Crippen LogP contribution in [0.25, 0.3) is 0 Å². The fourth-order valence-corrected chi connectivity index (χ4v) is 2.92. The van der Waals surface area contributed by atoms with Crippen LogP contribution >= 0.6 is 0 Å². The van der Waals surface area contributed by atoms with E-state index in [-0.39, 0.29) is 0 Å². The van der Waals surface area contributed by atoms with Gasteiger partial charge in [0.2, 0.25) is 0 Å². The summed E-state index contributed by atoms with van der Waals surface area (Å²) < 4.78 is 2.45. The van der Waals surface area contributed by atoms with Gasteiger partial charge in [0.1, 0.15) is 0 Å². The average Bonchev–Trinajstić information content (AvgIpc) is 2.59. The van der Waals surface area contributed by atoms with Crippen LogP contribution in [0, 0.1) is 19.8 Å². The van der Waals surface area contributed by atoms with E-state index in [1.165, 1.54) is 30.7 Å². The van der Waals surface area contributed by atoms with Crippen LogP contribution in [-0.4, -0.2) is 16.3 Å². The van der Waals surface area contributed by atoms with E-state index in [9.17, 15) is 5.11 Å². The minimum absolute atomic E-state index is 0.357. The van der Waals surface area contributed by atoms with Crippen molar-refractivity contribution in [3.05, 3.63) is 23.5 Å². The quantitative estimate of drug-likeness (QED) is 0.792. The molecular weight excluding hydrogens is 186 g/mol. The summed E-state index contributed by atoms with van der Waals surface area (Å²) in [6.07, 6.45) is 4.87. The summed E-state index contributed by atoms with van der Waals surface area (Å²) in [4.78, 5) is 0. The third-order valence-corrected chi connectivity index (χ3v) is 3.70. The van der Waals surface area contributed by atoms with E-state index in [0.29, 0.717) is 18.6 Å². The maximum atomic E-state index is 9.24. The van der Waals surface area contributed by atoms with Gasteiger partial charge in [-0.25, -0.2) is 0 Å². The largest absolute Gasteiger partial charge is 0.396 e. The number of hydrogen-bond acceptors (Lipinski definition) is 1. The van der Waals surface area contributed by atoms with Crippen LogP contribution in [0.2, 0.25) is 0 Å². The highest BCUT2D eigenvalue weighted by Gasteiger charge is 2.23. The van der Waals surface area contributed by atoms with Crippen LogP contribution in [-0.2, 0) is 0 Å². The molecule has 1 saturated carbocycles. The molecule has 0 aliphatic heterocycles. The first kappa shape index (κ1) is 10.7. The highest BCUT2D eigenvalue weighted by atomic mass is 16.3. The van der Waals surface area contributed by atoms with E-state index < -0.39 is 0 Å². The summed E-state index contributed by atoms with van der Waals surface area (Å²) in [6, 6.07) is 5.00. The summed E-state index contributed by atoms with van der Waals surface area (Å²) in [5.41, 5.74) is 2.71. The van der Waals surface area contributed by atoms with Gasteiger partial charge in [-0.2, -0.15) is 0 Å². The molecule has 1 fully saturated rings. The molecule has 15 heavy (non-hydrogen) atoms. The Morgan fingerprint density at radius 1 is 1.27 bits per heavy atom. The minimum atomic E-state index is 0.357. The van der Waals surface area contributed by atoms with Crippen molar-refractivity contribution in [1.82, 2.24) is 4.57 Å². The van der Waals surface area contributed by atoms with Crippen LogP contribution in [0.15, 0.2) is 12.1 Å². The molecule has 0 amide bonds. The normalized spacial score (nSPS) is 26.9. The summed E-state index contributed by atoms with van der Waals surface area (Å²) in [6.45, 7) is 4.71. The van der Waals surface area contributed by atoms with E-state index in [4.69, 9.17) is 0 Å². The van der Waals surface area contributed by atoms with Gasteiger partial charge in [0.05, 0.1) is 0 Å². The molecule has 84 valence electrons. The molecular formula is C13H21NO. The topological polar surface area (TPSA) is 25.2 Å². The third kappa shape index (κ3) is 2.10. The molecule has 2 heteroatoms. The Kier molecular flexibility index (Phi) is 3.15. The molecule has 0 aromatic carbocycles. The van der Waals surface area contributed by atoms with Crippen LogP contribution in [0.4, 0.5) is 0 Å². The molecule has 2 nitrogen and oxygen atoms in total. The Balaban J connectivity index is 2.16. The summed E-state index contributed by atoms with van der Waals surface area (Å²) >= 11 is 0. The van der Waals surface area contributed by atoms with E-state index in [1.807, 2.05) is 0 Å². The van der Waals surface area contributed by atoms with Crippen molar-refractivity contribution < 1.29 is 5.11 Å². The fraction of sp³-hybridized carbons (Fsp3) is 0.692. The van der Waals surface area contributed by atoms with E-state index >= 15 is 0 Å². The van der Waals surface area contributed by atoms with Crippen LogP contribution < -0.4 is 0 Å². The number of hydrogen-bond donors (Lipinski definition) is 1. The maximum absolute atomic E-state index is 9.24. The second kappa shape index (κ2) is 4.40. The first-order valence-electron chi connectivity index (χ1n) is 5.97. The first-order chi connectivity index (χ1) is 7.22. The molecule has 1 aliphatic carbocycles. The number of aliphatic hydroxyl groups is 1. The van der Waals surface area contributed by atoms with Crippen molar-refractivity contribution in [2.24, 2.45) is 5.92 Å². The Hall–Kier alpha value is -0.760. The molecule has 1 aromatic heterocycles. The highest BCUT2D eigenvalue weighted by Crippen LogP contribution is 2.34. The van der Waals surface area contributed by atoms with Crippen LogP contribution in [0.5, 0.6) is 0 Å². The highest BCUT2D eigenvalue weighted by molar-refractivity contribution is 5.15. The molecule has 0 bridgehead atoms.